The van der Waals surface area contributed by atoms with Gasteiger partial charge in [0.1, 0.15) is 6.61 Å². The van der Waals surface area contributed by atoms with Crippen molar-refractivity contribution in [1.29, 1.82) is 0 Å². The van der Waals surface area contributed by atoms with E-state index in [0.717, 1.165) is 70.6 Å². The van der Waals surface area contributed by atoms with Gasteiger partial charge in [0.2, 0.25) is 0 Å². The van der Waals surface area contributed by atoms with Gasteiger partial charge in [0, 0.05) is 12.8 Å². The molecule has 1 saturated heterocycles. The third-order valence-electron chi connectivity index (χ3n) is 8.87. The molecule has 0 bridgehead atoms. The first-order chi connectivity index (χ1) is 23.7. The number of ether oxygens (including phenoxy) is 3. The van der Waals surface area contributed by atoms with Gasteiger partial charge >= 0.3 is 19.8 Å². The predicted octanol–water partition coefficient (Wildman–Crippen LogP) is 10.6. The maximum Gasteiger partial charge on any atom is 0.469 e. The highest BCUT2D eigenvalue weighted by atomic mass is 31.2. The van der Waals surface area contributed by atoms with Crippen molar-refractivity contribution < 1.29 is 42.7 Å². The van der Waals surface area contributed by atoms with Crippen LogP contribution in [0.15, 0.2) is 24.3 Å². The predicted molar refractivity (Wildman–Crippen MR) is 197 cm³/mol. The van der Waals surface area contributed by atoms with Crippen molar-refractivity contribution in [2.75, 3.05) is 13.2 Å². The lowest BCUT2D eigenvalue weighted by molar-refractivity contribution is -0.161. The molecule has 10 heteroatoms. The van der Waals surface area contributed by atoms with Gasteiger partial charge in [0.25, 0.3) is 0 Å². The van der Waals surface area contributed by atoms with Gasteiger partial charge in [0.05, 0.1) is 18.8 Å². The van der Waals surface area contributed by atoms with Crippen molar-refractivity contribution in [2.24, 2.45) is 0 Å². The van der Waals surface area contributed by atoms with Crippen molar-refractivity contribution in [3.8, 4) is 0 Å². The Hall–Kier alpha value is -1.51. The molecule has 0 aromatic carbocycles. The summed E-state index contributed by atoms with van der Waals surface area (Å²) in [6, 6.07) is 0. The number of carbonyl (C=O) groups is 2. The van der Waals surface area contributed by atoms with Gasteiger partial charge in [-0.1, -0.05) is 128 Å². The largest absolute Gasteiger partial charge is 0.469 e. The molecule has 1 aliphatic heterocycles. The van der Waals surface area contributed by atoms with Gasteiger partial charge in [-0.3, -0.25) is 14.1 Å². The van der Waals surface area contributed by atoms with Crippen LogP contribution < -0.4 is 0 Å². The second kappa shape index (κ2) is 31.2. The van der Waals surface area contributed by atoms with Crippen LogP contribution in [0, 0.1) is 0 Å². The zero-order valence-electron chi connectivity index (χ0n) is 31.0. The third kappa shape index (κ3) is 31.0. The van der Waals surface area contributed by atoms with E-state index >= 15 is 0 Å². The van der Waals surface area contributed by atoms with E-state index in [0.29, 0.717) is 25.0 Å². The molecule has 2 N–H and O–H groups in total. The van der Waals surface area contributed by atoms with E-state index in [1.807, 2.05) is 0 Å². The minimum atomic E-state index is -4.76. The molecule has 49 heavy (non-hydrogen) atoms. The molecule has 3 atom stereocenters. The number of allylic oxidation sites excluding steroid dienone is 3. The van der Waals surface area contributed by atoms with E-state index in [2.05, 4.69) is 42.7 Å². The normalized spacial score (nSPS) is 16.8. The topological polar surface area (TPSA) is 132 Å². The van der Waals surface area contributed by atoms with Gasteiger partial charge in [-0.25, -0.2) is 4.57 Å². The van der Waals surface area contributed by atoms with Crippen LogP contribution in [0.2, 0.25) is 0 Å². The Morgan fingerprint density at radius 3 is 1.69 bits per heavy atom. The van der Waals surface area contributed by atoms with Crippen LogP contribution in [0.4, 0.5) is 0 Å². The minimum Gasteiger partial charge on any atom is -0.462 e. The van der Waals surface area contributed by atoms with Crippen LogP contribution in [-0.2, 0) is 32.9 Å². The maximum absolute atomic E-state index is 12.4. The molecular weight excluding hydrogens is 643 g/mol. The number of epoxide rings is 1. The van der Waals surface area contributed by atoms with E-state index in [1.54, 1.807) is 0 Å². The minimum absolute atomic E-state index is 0.197. The van der Waals surface area contributed by atoms with Crippen LogP contribution in [0.25, 0.3) is 0 Å². The lowest BCUT2D eigenvalue weighted by atomic mass is 10.1. The average molecular weight is 715 g/mol. The van der Waals surface area contributed by atoms with E-state index in [-0.39, 0.29) is 19.4 Å². The quantitative estimate of drug-likeness (QED) is 0.0216. The summed E-state index contributed by atoms with van der Waals surface area (Å²) < 4.78 is 32.0. The van der Waals surface area contributed by atoms with Crippen LogP contribution in [0.3, 0.4) is 0 Å². The highest BCUT2D eigenvalue weighted by molar-refractivity contribution is 7.46. The molecular formula is C39H71O9P. The first-order valence-electron chi connectivity index (χ1n) is 19.8. The van der Waals surface area contributed by atoms with Gasteiger partial charge in [-0.15, -0.1) is 0 Å². The molecule has 0 spiro atoms. The summed E-state index contributed by atoms with van der Waals surface area (Å²) in [5.74, 6) is -0.914. The molecule has 1 fully saturated rings. The van der Waals surface area contributed by atoms with Crippen molar-refractivity contribution in [3.05, 3.63) is 24.3 Å². The summed E-state index contributed by atoms with van der Waals surface area (Å²) >= 11 is 0. The van der Waals surface area contributed by atoms with Gasteiger partial charge in [-0.05, 0) is 64.2 Å². The van der Waals surface area contributed by atoms with Gasteiger partial charge < -0.3 is 24.0 Å². The van der Waals surface area contributed by atoms with Crippen LogP contribution in [0.5, 0.6) is 0 Å². The Labute approximate surface area is 298 Å². The number of phosphoric ester groups is 1. The highest BCUT2D eigenvalue weighted by Crippen LogP contribution is 2.36. The SMILES string of the molecule is CCCCCCCC/C=C\CCCCCCCC(=O)O[C@H](COC(=O)CCCCCCC/C=C\CC1OC1CCCCC)COP(=O)(O)O. The Morgan fingerprint density at radius 1 is 0.633 bits per heavy atom. The van der Waals surface area contributed by atoms with E-state index < -0.39 is 32.5 Å². The molecule has 286 valence electrons. The molecule has 9 nitrogen and oxygen atoms in total. The molecule has 1 heterocycles. The molecule has 0 radical (unpaired) electrons. The number of esters is 2. The van der Waals surface area contributed by atoms with Crippen LogP contribution in [0.1, 0.15) is 181 Å². The van der Waals surface area contributed by atoms with Crippen molar-refractivity contribution in [3.63, 3.8) is 0 Å². The lowest BCUT2D eigenvalue weighted by Gasteiger charge is -2.18. The highest BCUT2D eigenvalue weighted by Gasteiger charge is 2.36. The first kappa shape index (κ1) is 45.5. The van der Waals surface area contributed by atoms with E-state index in [1.165, 1.54) is 70.6 Å². The molecule has 0 aliphatic carbocycles. The van der Waals surface area contributed by atoms with Crippen LogP contribution in [-0.4, -0.2) is 53.3 Å². The van der Waals surface area contributed by atoms with Gasteiger partial charge in [-0.2, -0.15) is 0 Å². The Kier molecular flexibility index (Phi) is 29.0. The summed E-state index contributed by atoms with van der Waals surface area (Å²) in [5.41, 5.74) is 0. The molecule has 0 amide bonds. The summed E-state index contributed by atoms with van der Waals surface area (Å²) in [7, 11) is -4.76. The zero-order chi connectivity index (χ0) is 35.8. The summed E-state index contributed by atoms with van der Waals surface area (Å²) in [5, 5.41) is 0. The first-order valence-corrected chi connectivity index (χ1v) is 21.3. The number of unbranched alkanes of at least 4 members (excludes halogenated alkanes) is 18. The monoisotopic (exact) mass is 714 g/mol. The fourth-order valence-corrected chi connectivity index (χ4v) is 6.15. The second-order valence-corrected chi connectivity index (χ2v) is 14.9. The Bertz CT molecular complexity index is 916. The average Bonchev–Trinajstić information content (AvgIpc) is 3.82. The van der Waals surface area contributed by atoms with Crippen molar-refractivity contribution >= 4 is 19.8 Å². The number of hydrogen-bond donors (Lipinski definition) is 2. The molecule has 0 saturated carbocycles. The van der Waals surface area contributed by atoms with Gasteiger partial charge in [0.15, 0.2) is 6.10 Å². The Morgan fingerprint density at radius 2 is 1.12 bits per heavy atom. The molecule has 0 aromatic rings. The molecule has 2 unspecified atom stereocenters. The summed E-state index contributed by atoms with van der Waals surface area (Å²) in [4.78, 5) is 42.8. The molecule has 0 aromatic heterocycles. The van der Waals surface area contributed by atoms with Crippen molar-refractivity contribution in [2.45, 2.75) is 199 Å². The lowest BCUT2D eigenvalue weighted by Crippen LogP contribution is -2.29. The smallest absolute Gasteiger partial charge is 0.462 e. The third-order valence-corrected chi connectivity index (χ3v) is 9.35. The number of phosphoric acid groups is 1. The number of hydrogen-bond acceptors (Lipinski definition) is 7. The standard InChI is InChI=1S/C39H71O9P/c1-3-5-7-8-9-10-11-12-13-14-15-16-21-24-28-32-39(41)47-35(34-46-49(42,43)44)33-45-38(40)31-27-23-20-18-17-19-22-26-30-37-36(48-37)29-25-6-4-2/h12-13,22,26,35-37H,3-11,14-21,23-25,27-34H2,1-2H3,(H2,42,43,44)/b13-12-,26-22-/t35-,36?,37?/m1/s1. The number of carbonyl (C=O) groups excluding carboxylic acids is 2. The fourth-order valence-electron chi connectivity index (χ4n) is 5.79. The maximum atomic E-state index is 12.4. The zero-order valence-corrected chi connectivity index (χ0v) is 31.9. The number of rotatable bonds is 35. The molecule has 1 rings (SSSR count). The van der Waals surface area contributed by atoms with E-state index in [9.17, 15) is 14.2 Å². The second-order valence-electron chi connectivity index (χ2n) is 13.6. The van der Waals surface area contributed by atoms with Crippen LogP contribution >= 0.6 is 7.82 Å². The van der Waals surface area contributed by atoms with E-state index in [4.69, 9.17) is 24.0 Å². The fraction of sp³-hybridized carbons (Fsp3) is 0.846. The van der Waals surface area contributed by atoms with Crippen molar-refractivity contribution in [1.82, 2.24) is 0 Å². The summed E-state index contributed by atoms with van der Waals surface area (Å²) in [6.45, 7) is 3.62. The summed E-state index contributed by atoms with van der Waals surface area (Å²) in [6.07, 6.45) is 36.4. The Balaban J connectivity index is 2.08. The molecule has 1 aliphatic rings.